The maximum Gasteiger partial charge on any atom is 0.416 e. The van der Waals surface area contributed by atoms with E-state index in [1.807, 2.05) is 37.3 Å². The molecule has 30 heavy (non-hydrogen) atoms. The van der Waals surface area contributed by atoms with Gasteiger partial charge in [0.05, 0.1) is 24.3 Å². The van der Waals surface area contributed by atoms with E-state index in [4.69, 9.17) is 9.47 Å². The molecule has 2 aromatic carbocycles. The third-order valence-corrected chi connectivity index (χ3v) is 5.06. The van der Waals surface area contributed by atoms with E-state index >= 15 is 0 Å². The van der Waals surface area contributed by atoms with Crippen LogP contribution in [0.1, 0.15) is 41.2 Å². The summed E-state index contributed by atoms with van der Waals surface area (Å²) in [6.45, 7) is 1.40. The Morgan fingerprint density at radius 1 is 1.00 bits per heavy atom. The molecule has 1 heterocycles. The first kappa shape index (κ1) is 22.6. The van der Waals surface area contributed by atoms with E-state index in [1.165, 1.54) is 0 Å². The highest BCUT2D eigenvalue weighted by Gasteiger charge is 2.40. The van der Waals surface area contributed by atoms with Crippen LogP contribution in [0, 0.1) is 5.92 Å². The largest absolute Gasteiger partial charge is 0.416 e. The summed E-state index contributed by atoms with van der Waals surface area (Å²) in [5.41, 5.74) is -2.48. The first-order valence-electron chi connectivity index (χ1n) is 9.23. The molecule has 164 valence electrons. The minimum atomic E-state index is -4.99. The van der Waals surface area contributed by atoms with Gasteiger partial charge in [0, 0.05) is 5.92 Å². The number of hydrogen-bond acceptors (Lipinski definition) is 3. The number of alkyl halides is 6. The highest BCUT2D eigenvalue weighted by molar-refractivity contribution is 5.35. The Morgan fingerprint density at radius 3 is 2.07 bits per heavy atom. The van der Waals surface area contributed by atoms with Crippen LogP contribution in [0.4, 0.5) is 26.3 Å². The highest BCUT2D eigenvalue weighted by atomic mass is 19.4. The molecule has 1 aliphatic heterocycles. The lowest BCUT2D eigenvalue weighted by molar-refractivity contribution is -0.163. The summed E-state index contributed by atoms with van der Waals surface area (Å²) >= 11 is 0. The number of aliphatic hydroxyl groups is 1. The summed E-state index contributed by atoms with van der Waals surface area (Å²) in [5, 5.41) is 9.71. The SMILES string of the molecule is CC1COC(OC(CO)c2cc(C(F)(F)F)cc(C(F)(F)F)c2)C1c1ccccc1. The second-order valence-corrected chi connectivity index (χ2v) is 7.26. The van der Waals surface area contributed by atoms with E-state index in [-0.39, 0.29) is 17.9 Å². The van der Waals surface area contributed by atoms with Crippen molar-refractivity contribution < 1.29 is 40.9 Å². The Kier molecular flexibility index (Phi) is 6.45. The average Bonchev–Trinajstić information content (AvgIpc) is 3.05. The second kappa shape index (κ2) is 8.56. The number of rotatable bonds is 5. The fraction of sp³-hybridized carbons (Fsp3) is 0.429. The van der Waals surface area contributed by atoms with Crippen molar-refractivity contribution in [3.63, 3.8) is 0 Å². The van der Waals surface area contributed by atoms with E-state index in [0.29, 0.717) is 18.7 Å². The molecule has 0 spiro atoms. The van der Waals surface area contributed by atoms with Crippen molar-refractivity contribution in [1.29, 1.82) is 0 Å². The highest BCUT2D eigenvalue weighted by Crippen LogP contribution is 2.41. The molecule has 0 amide bonds. The van der Waals surface area contributed by atoms with Crippen molar-refractivity contribution >= 4 is 0 Å². The molecule has 0 bridgehead atoms. The quantitative estimate of drug-likeness (QED) is 0.627. The molecular weight excluding hydrogens is 414 g/mol. The lowest BCUT2D eigenvalue weighted by Gasteiger charge is -2.27. The average molecular weight is 434 g/mol. The van der Waals surface area contributed by atoms with Gasteiger partial charge in [-0.05, 0) is 35.2 Å². The van der Waals surface area contributed by atoms with Crippen LogP contribution in [0.15, 0.2) is 48.5 Å². The number of aliphatic hydroxyl groups excluding tert-OH is 1. The summed E-state index contributed by atoms with van der Waals surface area (Å²) in [6.07, 6.45) is -12.3. The van der Waals surface area contributed by atoms with Crippen molar-refractivity contribution in [2.45, 2.75) is 37.6 Å². The normalized spacial score (nSPS) is 23.5. The van der Waals surface area contributed by atoms with Crippen molar-refractivity contribution in [2.24, 2.45) is 5.92 Å². The van der Waals surface area contributed by atoms with Crippen molar-refractivity contribution in [2.75, 3.05) is 13.2 Å². The van der Waals surface area contributed by atoms with Crippen LogP contribution in [-0.4, -0.2) is 24.6 Å². The Bertz CT molecular complexity index is 818. The number of halogens is 6. The molecule has 1 aliphatic rings. The van der Waals surface area contributed by atoms with Crippen LogP contribution in [0.2, 0.25) is 0 Å². The van der Waals surface area contributed by atoms with Crippen molar-refractivity contribution in [1.82, 2.24) is 0 Å². The Morgan fingerprint density at radius 2 is 1.57 bits per heavy atom. The zero-order valence-corrected chi connectivity index (χ0v) is 15.9. The minimum absolute atomic E-state index is 0.00369. The third-order valence-electron chi connectivity index (χ3n) is 5.06. The summed E-state index contributed by atoms with van der Waals surface area (Å²) in [7, 11) is 0. The predicted molar refractivity (Wildman–Crippen MR) is 95.4 cm³/mol. The van der Waals surface area contributed by atoms with Gasteiger partial charge in [0.15, 0.2) is 6.29 Å². The smallest absolute Gasteiger partial charge is 0.393 e. The molecule has 1 fully saturated rings. The first-order chi connectivity index (χ1) is 14.0. The van der Waals surface area contributed by atoms with Crippen molar-refractivity contribution in [3.05, 3.63) is 70.8 Å². The molecule has 9 heteroatoms. The molecule has 0 radical (unpaired) electrons. The van der Waals surface area contributed by atoms with Gasteiger partial charge in [-0.2, -0.15) is 26.3 Å². The molecule has 0 saturated carbocycles. The van der Waals surface area contributed by atoms with Gasteiger partial charge in [0.1, 0.15) is 6.10 Å². The third kappa shape index (κ3) is 4.96. The van der Waals surface area contributed by atoms with Gasteiger partial charge >= 0.3 is 12.4 Å². The lowest BCUT2D eigenvalue weighted by atomic mass is 9.89. The molecular formula is C21H20F6O3. The predicted octanol–water partition coefficient (Wildman–Crippen LogP) is 5.55. The molecule has 0 aromatic heterocycles. The fourth-order valence-electron chi connectivity index (χ4n) is 3.56. The van der Waals surface area contributed by atoms with Gasteiger partial charge < -0.3 is 14.6 Å². The first-order valence-corrected chi connectivity index (χ1v) is 9.23. The standard InChI is InChI=1S/C21H20F6O3/c1-12-11-29-19(18(12)13-5-3-2-4-6-13)30-17(10-28)14-7-15(20(22,23)24)9-16(8-14)21(25,26)27/h2-9,12,17-19,28H,10-11H2,1H3. The summed E-state index contributed by atoms with van der Waals surface area (Å²) in [5.74, 6) is -0.280. The van der Waals surface area contributed by atoms with Crippen molar-refractivity contribution in [3.8, 4) is 0 Å². The van der Waals surface area contributed by atoms with E-state index in [9.17, 15) is 31.4 Å². The van der Waals surface area contributed by atoms with Crippen LogP contribution >= 0.6 is 0 Å². The zero-order valence-electron chi connectivity index (χ0n) is 15.9. The maximum atomic E-state index is 13.1. The molecule has 3 rings (SSSR count). The van der Waals surface area contributed by atoms with Crippen LogP contribution in [0.25, 0.3) is 0 Å². The van der Waals surface area contributed by atoms with Crippen LogP contribution in [0.5, 0.6) is 0 Å². The zero-order chi connectivity index (χ0) is 22.1. The fourth-order valence-corrected chi connectivity index (χ4v) is 3.56. The molecule has 1 saturated heterocycles. The van der Waals surface area contributed by atoms with E-state index in [1.54, 1.807) is 0 Å². The van der Waals surface area contributed by atoms with Gasteiger partial charge in [-0.25, -0.2) is 0 Å². The van der Waals surface area contributed by atoms with E-state index in [2.05, 4.69) is 0 Å². The molecule has 4 unspecified atom stereocenters. The summed E-state index contributed by atoms with van der Waals surface area (Å²) in [6, 6.07) is 10.3. The van der Waals surface area contributed by atoms with E-state index < -0.39 is 48.0 Å². The summed E-state index contributed by atoms with van der Waals surface area (Å²) in [4.78, 5) is 0. The topological polar surface area (TPSA) is 38.7 Å². The van der Waals surface area contributed by atoms with Gasteiger partial charge in [-0.1, -0.05) is 37.3 Å². The lowest BCUT2D eigenvalue weighted by Crippen LogP contribution is -2.25. The summed E-state index contributed by atoms with van der Waals surface area (Å²) < 4.78 is 90.2. The molecule has 3 nitrogen and oxygen atoms in total. The molecule has 0 aliphatic carbocycles. The monoisotopic (exact) mass is 434 g/mol. The second-order valence-electron chi connectivity index (χ2n) is 7.26. The number of hydrogen-bond donors (Lipinski definition) is 1. The number of ether oxygens (including phenoxy) is 2. The van der Waals surface area contributed by atoms with Gasteiger partial charge in [-0.15, -0.1) is 0 Å². The molecule has 4 atom stereocenters. The van der Waals surface area contributed by atoms with Crippen LogP contribution in [0.3, 0.4) is 0 Å². The minimum Gasteiger partial charge on any atom is -0.393 e. The Balaban J connectivity index is 1.94. The van der Waals surface area contributed by atoms with Gasteiger partial charge in [0.25, 0.3) is 0 Å². The van der Waals surface area contributed by atoms with Gasteiger partial charge in [0.2, 0.25) is 0 Å². The van der Waals surface area contributed by atoms with Gasteiger partial charge in [-0.3, -0.25) is 0 Å². The maximum absolute atomic E-state index is 13.1. The molecule has 2 aromatic rings. The Hall–Kier alpha value is -2.10. The van der Waals surface area contributed by atoms with Crippen LogP contribution in [-0.2, 0) is 21.8 Å². The molecule has 1 N–H and O–H groups in total. The number of benzene rings is 2. The van der Waals surface area contributed by atoms with E-state index in [0.717, 1.165) is 5.56 Å². The van der Waals surface area contributed by atoms with Crippen LogP contribution < -0.4 is 0 Å². The Labute approximate surface area is 169 Å².